The molecule has 1 N–H and O–H groups in total. The molecular formula is C12H19N5OS. The van der Waals surface area contributed by atoms with Crippen LogP contribution in [0.3, 0.4) is 0 Å². The average Bonchev–Trinajstić information content (AvgIpc) is 2.94. The van der Waals surface area contributed by atoms with E-state index in [-0.39, 0.29) is 11.8 Å². The lowest BCUT2D eigenvalue weighted by molar-refractivity contribution is -0.125. The largest absolute Gasteiger partial charge is 0.355 e. The van der Waals surface area contributed by atoms with E-state index in [1.165, 1.54) is 11.3 Å². The molecule has 0 aliphatic carbocycles. The van der Waals surface area contributed by atoms with E-state index in [9.17, 15) is 4.79 Å². The van der Waals surface area contributed by atoms with Crippen LogP contribution in [-0.2, 0) is 11.2 Å². The number of rotatable bonds is 6. The molecule has 1 amide bonds. The van der Waals surface area contributed by atoms with Crippen molar-refractivity contribution in [3.8, 4) is 0 Å². The van der Waals surface area contributed by atoms with Gasteiger partial charge in [0.25, 0.3) is 0 Å². The molecular weight excluding hydrogens is 262 g/mol. The molecule has 0 saturated heterocycles. The van der Waals surface area contributed by atoms with E-state index in [0.29, 0.717) is 6.54 Å². The third-order valence-electron chi connectivity index (χ3n) is 3.18. The Morgan fingerprint density at radius 1 is 1.37 bits per heavy atom. The van der Waals surface area contributed by atoms with Gasteiger partial charge in [-0.2, -0.15) is 9.61 Å². The van der Waals surface area contributed by atoms with E-state index in [1.807, 2.05) is 20.8 Å². The SMILES string of the molecule is CCC(CC)C(=O)NCCc1nn2c(C)nnc2s1. The molecule has 2 aromatic rings. The topological polar surface area (TPSA) is 72.2 Å². The van der Waals surface area contributed by atoms with Gasteiger partial charge in [0, 0.05) is 18.9 Å². The van der Waals surface area contributed by atoms with Crippen molar-refractivity contribution in [2.75, 3.05) is 6.54 Å². The molecule has 0 bridgehead atoms. The molecule has 2 rings (SSSR count). The zero-order valence-electron chi connectivity index (χ0n) is 11.5. The van der Waals surface area contributed by atoms with Gasteiger partial charge >= 0.3 is 0 Å². The normalized spacial score (nSPS) is 11.4. The summed E-state index contributed by atoms with van der Waals surface area (Å²) in [5.74, 6) is 1.06. The highest BCUT2D eigenvalue weighted by Crippen LogP contribution is 2.13. The van der Waals surface area contributed by atoms with Crippen LogP contribution >= 0.6 is 11.3 Å². The van der Waals surface area contributed by atoms with Crippen LogP contribution in [0.25, 0.3) is 4.96 Å². The maximum absolute atomic E-state index is 11.8. The van der Waals surface area contributed by atoms with Crippen LogP contribution in [0, 0.1) is 12.8 Å². The van der Waals surface area contributed by atoms with Crippen molar-refractivity contribution in [1.82, 2.24) is 25.1 Å². The van der Waals surface area contributed by atoms with Crippen molar-refractivity contribution in [1.29, 1.82) is 0 Å². The molecule has 6 nitrogen and oxygen atoms in total. The van der Waals surface area contributed by atoms with Gasteiger partial charge in [-0.25, -0.2) is 0 Å². The number of carbonyl (C=O) groups is 1. The van der Waals surface area contributed by atoms with Crippen molar-refractivity contribution in [3.05, 3.63) is 10.8 Å². The van der Waals surface area contributed by atoms with Gasteiger partial charge in [-0.1, -0.05) is 25.2 Å². The number of fused-ring (bicyclic) bond motifs is 1. The van der Waals surface area contributed by atoms with Gasteiger partial charge in [-0.15, -0.1) is 10.2 Å². The average molecular weight is 281 g/mol. The van der Waals surface area contributed by atoms with Crippen LogP contribution in [0.2, 0.25) is 0 Å². The maximum Gasteiger partial charge on any atom is 0.234 e. The Balaban J connectivity index is 1.87. The second kappa shape index (κ2) is 6.10. The summed E-state index contributed by atoms with van der Waals surface area (Å²) in [4.78, 5) is 12.6. The fraction of sp³-hybridized carbons (Fsp3) is 0.667. The fourth-order valence-electron chi connectivity index (χ4n) is 1.95. The first-order valence-electron chi connectivity index (χ1n) is 6.61. The number of aromatic nitrogens is 4. The molecule has 19 heavy (non-hydrogen) atoms. The van der Waals surface area contributed by atoms with Gasteiger partial charge < -0.3 is 5.32 Å². The summed E-state index contributed by atoms with van der Waals surface area (Å²) >= 11 is 1.52. The molecule has 0 aliphatic heterocycles. The van der Waals surface area contributed by atoms with Gasteiger partial charge in [0.1, 0.15) is 5.01 Å². The molecule has 0 fully saturated rings. The van der Waals surface area contributed by atoms with Crippen molar-refractivity contribution < 1.29 is 4.79 Å². The first-order chi connectivity index (χ1) is 9.15. The molecule has 2 aromatic heterocycles. The van der Waals surface area contributed by atoms with E-state index in [4.69, 9.17) is 0 Å². The molecule has 0 atom stereocenters. The summed E-state index contributed by atoms with van der Waals surface area (Å²) in [7, 11) is 0. The number of nitrogens with zero attached hydrogens (tertiary/aromatic N) is 4. The Morgan fingerprint density at radius 2 is 2.11 bits per heavy atom. The molecule has 0 aliphatic rings. The molecule has 0 radical (unpaired) electrons. The highest BCUT2D eigenvalue weighted by Gasteiger charge is 2.14. The fourth-order valence-corrected chi connectivity index (χ4v) is 2.83. The minimum Gasteiger partial charge on any atom is -0.355 e. The van der Waals surface area contributed by atoms with E-state index < -0.39 is 0 Å². The third kappa shape index (κ3) is 3.09. The van der Waals surface area contributed by atoms with E-state index in [0.717, 1.165) is 35.1 Å². The number of carbonyl (C=O) groups excluding carboxylic acids is 1. The Hall–Kier alpha value is -1.50. The zero-order valence-corrected chi connectivity index (χ0v) is 12.3. The molecule has 7 heteroatoms. The Bertz CT molecular complexity index is 557. The van der Waals surface area contributed by atoms with Gasteiger partial charge in [-0.05, 0) is 19.8 Å². The Kier molecular flexibility index (Phi) is 4.47. The van der Waals surface area contributed by atoms with Gasteiger partial charge in [0.05, 0.1) is 0 Å². The first-order valence-corrected chi connectivity index (χ1v) is 7.42. The minimum atomic E-state index is 0.125. The van der Waals surface area contributed by atoms with E-state index >= 15 is 0 Å². The van der Waals surface area contributed by atoms with Crippen molar-refractivity contribution in [2.45, 2.75) is 40.0 Å². The summed E-state index contributed by atoms with van der Waals surface area (Å²) < 4.78 is 1.74. The molecule has 0 unspecified atom stereocenters. The molecule has 0 spiro atoms. The van der Waals surface area contributed by atoms with Crippen LogP contribution in [0.1, 0.15) is 37.5 Å². The summed E-state index contributed by atoms with van der Waals surface area (Å²) in [6.45, 7) is 6.58. The molecule has 104 valence electrons. The summed E-state index contributed by atoms with van der Waals surface area (Å²) in [5.41, 5.74) is 0. The van der Waals surface area contributed by atoms with Gasteiger partial charge in [0.2, 0.25) is 10.9 Å². The van der Waals surface area contributed by atoms with Crippen LogP contribution in [0.5, 0.6) is 0 Å². The lowest BCUT2D eigenvalue weighted by Gasteiger charge is -2.11. The molecule has 2 heterocycles. The van der Waals surface area contributed by atoms with Crippen molar-refractivity contribution >= 4 is 22.2 Å². The first kappa shape index (κ1) is 13.9. The quantitative estimate of drug-likeness (QED) is 0.872. The zero-order chi connectivity index (χ0) is 13.8. The lowest BCUT2D eigenvalue weighted by Crippen LogP contribution is -2.31. The Labute approximate surface area is 116 Å². The Morgan fingerprint density at radius 3 is 2.74 bits per heavy atom. The second-order valence-electron chi connectivity index (χ2n) is 4.49. The predicted molar refractivity (Wildman–Crippen MR) is 74.2 cm³/mol. The number of hydrogen-bond acceptors (Lipinski definition) is 5. The maximum atomic E-state index is 11.8. The third-order valence-corrected chi connectivity index (χ3v) is 4.14. The lowest BCUT2D eigenvalue weighted by atomic mass is 10.0. The molecule has 0 aromatic carbocycles. The monoisotopic (exact) mass is 281 g/mol. The van der Waals surface area contributed by atoms with Crippen molar-refractivity contribution in [2.24, 2.45) is 5.92 Å². The highest BCUT2D eigenvalue weighted by molar-refractivity contribution is 7.16. The minimum absolute atomic E-state index is 0.125. The van der Waals surface area contributed by atoms with E-state index in [1.54, 1.807) is 4.52 Å². The van der Waals surface area contributed by atoms with Crippen LogP contribution in [0.15, 0.2) is 0 Å². The number of amides is 1. The standard InChI is InChI=1S/C12H19N5OS/c1-4-9(5-2)11(18)13-7-6-10-16-17-8(3)14-15-12(17)19-10/h9H,4-7H2,1-3H3,(H,13,18). The smallest absolute Gasteiger partial charge is 0.234 e. The second-order valence-corrected chi connectivity index (χ2v) is 5.53. The number of nitrogens with one attached hydrogen (secondary N) is 1. The number of hydrogen-bond donors (Lipinski definition) is 1. The predicted octanol–water partition coefficient (Wildman–Crippen LogP) is 1.59. The van der Waals surface area contributed by atoms with Crippen molar-refractivity contribution in [3.63, 3.8) is 0 Å². The molecule has 0 saturated carbocycles. The van der Waals surface area contributed by atoms with Gasteiger partial charge in [0.15, 0.2) is 5.82 Å². The van der Waals surface area contributed by atoms with Crippen LogP contribution in [-0.4, -0.2) is 32.3 Å². The highest BCUT2D eigenvalue weighted by atomic mass is 32.1. The van der Waals surface area contributed by atoms with E-state index in [2.05, 4.69) is 20.6 Å². The summed E-state index contributed by atoms with van der Waals surface area (Å²) in [6.07, 6.45) is 2.51. The van der Waals surface area contributed by atoms with Crippen LogP contribution < -0.4 is 5.32 Å². The van der Waals surface area contributed by atoms with Crippen LogP contribution in [0.4, 0.5) is 0 Å². The number of aryl methyl sites for hydroxylation is 1. The van der Waals surface area contributed by atoms with Gasteiger partial charge in [-0.3, -0.25) is 4.79 Å². The summed E-state index contributed by atoms with van der Waals surface area (Å²) in [6, 6.07) is 0. The summed E-state index contributed by atoms with van der Waals surface area (Å²) in [5, 5.41) is 16.3.